The molecule has 58 heavy (non-hydrogen) atoms. The number of benzene rings is 4. The molecule has 0 unspecified atom stereocenters. The van der Waals surface area contributed by atoms with E-state index in [1.165, 1.54) is 32.9 Å². The Bertz CT molecular complexity index is 2240. The van der Waals surface area contributed by atoms with E-state index in [-0.39, 0.29) is 71.9 Å². The summed E-state index contributed by atoms with van der Waals surface area (Å²) in [6.45, 7) is 6.19. The van der Waals surface area contributed by atoms with Gasteiger partial charge in [-0.2, -0.15) is 17.2 Å². The fourth-order valence-electron chi connectivity index (χ4n) is 6.80. The van der Waals surface area contributed by atoms with Crippen molar-refractivity contribution in [3.63, 3.8) is 0 Å². The first-order valence-corrected chi connectivity index (χ1v) is 25.5. The van der Waals surface area contributed by atoms with E-state index in [0.29, 0.717) is 12.8 Å². The van der Waals surface area contributed by atoms with Gasteiger partial charge in [0.2, 0.25) is 40.1 Å². The van der Waals surface area contributed by atoms with Crippen LogP contribution < -0.4 is 0 Å². The zero-order chi connectivity index (χ0) is 42.1. The van der Waals surface area contributed by atoms with Crippen LogP contribution >= 0.6 is 0 Å². The third kappa shape index (κ3) is 11.4. The van der Waals surface area contributed by atoms with Crippen molar-refractivity contribution in [3.8, 4) is 0 Å². The van der Waals surface area contributed by atoms with Gasteiger partial charge in [0, 0.05) is 52.4 Å². The molecular weight excluding hydrogens is 817 g/mol. The summed E-state index contributed by atoms with van der Waals surface area (Å²) in [5.41, 5.74) is 3.48. The summed E-state index contributed by atoms with van der Waals surface area (Å²) in [5, 5.41) is 0. The number of rotatable bonds is 8. The molecule has 316 valence electrons. The Labute approximate surface area is 346 Å². The van der Waals surface area contributed by atoms with E-state index in [1.54, 1.807) is 72.8 Å². The second-order valence-corrected chi connectivity index (χ2v) is 22.7. The quantitative estimate of drug-likeness (QED) is 0.199. The molecule has 4 aromatic rings. The van der Waals surface area contributed by atoms with Gasteiger partial charge >= 0.3 is 0 Å². The number of sulfonamides is 4. The van der Waals surface area contributed by atoms with Crippen LogP contribution in [0.1, 0.15) is 60.8 Å². The first kappa shape index (κ1) is 45.6. The van der Waals surface area contributed by atoms with Crippen molar-refractivity contribution >= 4 is 40.1 Å². The normalized spacial score (nSPS) is 18.0. The van der Waals surface area contributed by atoms with Crippen molar-refractivity contribution in [1.82, 2.24) is 17.2 Å². The lowest BCUT2D eigenvalue weighted by atomic mass is 10.1. The number of hydrogen-bond donors (Lipinski definition) is 0. The van der Waals surface area contributed by atoms with E-state index in [2.05, 4.69) is 0 Å². The SMILES string of the molecule is Cc1ccc(S(=O)(=O)N2CCCCCCCCN(S(=O)(=O)c3ccc(C)cc3)CCN(S(=O)(=O)c3ccc(C)cc3)CCN(S(=O)(=O)c3ccc(C)cc3)CC2)cc1. The molecule has 5 rings (SSSR count). The lowest BCUT2D eigenvalue weighted by Gasteiger charge is -2.31. The van der Waals surface area contributed by atoms with Crippen LogP contribution in [0, 0.1) is 27.7 Å². The van der Waals surface area contributed by atoms with Crippen LogP contribution in [0.4, 0.5) is 0 Å². The van der Waals surface area contributed by atoms with Gasteiger partial charge in [-0.05, 0) is 89.1 Å². The molecule has 1 aliphatic heterocycles. The first-order valence-electron chi connectivity index (χ1n) is 19.7. The van der Waals surface area contributed by atoms with Crippen LogP contribution in [0.5, 0.6) is 0 Å². The number of hydrogen-bond acceptors (Lipinski definition) is 8. The molecule has 0 bridgehead atoms. The van der Waals surface area contributed by atoms with Gasteiger partial charge in [-0.15, -0.1) is 0 Å². The lowest BCUT2D eigenvalue weighted by molar-refractivity contribution is 0.297. The molecule has 0 atom stereocenters. The monoisotopic (exact) mass is 872 g/mol. The molecule has 1 heterocycles. The highest BCUT2D eigenvalue weighted by molar-refractivity contribution is 7.90. The van der Waals surface area contributed by atoms with Crippen LogP contribution in [0.3, 0.4) is 0 Å². The van der Waals surface area contributed by atoms with E-state index < -0.39 is 40.1 Å². The second kappa shape index (κ2) is 19.7. The fraction of sp³-hybridized carbons (Fsp3) is 0.429. The summed E-state index contributed by atoms with van der Waals surface area (Å²) in [7, 11) is -16.6. The molecule has 4 aromatic carbocycles. The topological polar surface area (TPSA) is 150 Å². The minimum absolute atomic E-state index is 0.0171. The van der Waals surface area contributed by atoms with E-state index in [0.717, 1.165) is 56.5 Å². The Morgan fingerprint density at radius 1 is 0.276 bits per heavy atom. The van der Waals surface area contributed by atoms with Gasteiger partial charge < -0.3 is 0 Å². The summed E-state index contributed by atoms with van der Waals surface area (Å²) < 4.78 is 119. The average Bonchev–Trinajstić information content (AvgIpc) is 3.18. The lowest BCUT2D eigenvalue weighted by Crippen LogP contribution is -2.47. The summed E-state index contributed by atoms with van der Waals surface area (Å²) in [6, 6.07) is 25.7. The number of aryl methyl sites for hydroxylation is 4. The predicted molar refractivity (Wildman–Crippen MR) is 227 cm³/mol. The molecule has 0 aliphatic carbocycles. The van der Waals surface area contributed by atoms with Gasteiger partial charge in [0.15, 0.2) is 0 Å². The fourth-order valence-corrected chi connectivity index (χ4v) is 12.6. The predicted octanol–water partition coefficient (Wildman–Crippen LogP) is 6.34. The van der Waals surface area contributed by atoms with Crippen molar-refractivity contribution in [2.75, 3.05) is 52.4 Å². The zero-order valence-corrected chi connectivity index (χ0v) is 37.1. The van der Waals surface area contributed by atoms with E-state index in [4.69, 9.17) is 0 Å². The minimum Gasteiger partial charge on any atom is -0.207 e. The average molecular weight is 873 g/mol. The Morgan fingerprint density at radius 3 is 0.655 bits per heavy atom. The smallest absolute Gasteiger partial charge is 0.207 e. The molecule has 0 saturated carbocycles. The third-order valence-electron chi connectivity index (χ3n) is 10.5. The van der Waals surface area contributed by atoms with Gasteiger partial charge in [0.1, 0.15) is 0 Å². The molecule has 16 heteroatoms. The maximum atomic E-state index is 14.4. The molecule has 0 aromatic heterocycles. The summed E-state index contributed by atoms with van der Waals surface area (Å²) in [6.07, 6.45) is 4.10. The Kier molecular flexibility index (Phi) is 15.5. The zero-order valence-electron chi connectivity index (χ0n) is 33.8. The Hall–Kier alpha value is -3.48. The molecule has 1 aliphatic rings. The highest BCUT2D eigenvalue weighted by Crippen LogP contribution is 2.24. The van der Waals surface area contributed by atoms with Crippen molar-refractivity contribution < 1.29 is 33.7 Å². The van der Waals surface area contributed by atoms with E-state index in [1.807, 2.05) is 27.7 Å². The Morgan fingerprint density at radius 2 is 0.448 bits per heavy atom. The molecule has 0 spiro atoms. The van der Waals surface area contributed by atoms with Crippen molar-refractivity contribution in [2.45, 2.75) is 85.8 Å². The van der Waals surface area contributed by atoms with E-state index >= 15 is 0 Å². The Balaban J connectivity index is 1.55. The van der Waals surface area contributed by atoms with E-state index in [9.17, 15) is 33.7 Å². The standard InChI is InChI=1S/C42H56N4O8S4/c1-35-11-19-39(20-12-35)55(47,48)43-27-9-7-5-6-8-10-28-44(56(49,50)40-21-13-36(2)14-22-40)30-32-46(58(53,54)42-25-17-38(4)18-26-42)34-33-45(31-29-43)57(51,52)41-23-15-37(3)16-24-41/h11-26H,5-10,27-34H2,1-4H3. The van der Waals surface area contributed by atoms with Crippen LogP contribution in [-0.2, 0) is 40.1 Å². The highest BCUT2D eigenvalue weighted by atomic mass is 32.2. The minimum atomic E-state index is -4.28. The van der Waals surface area contributed by atoms with Crippen LogP contribution in [0.2, 0.25) is 0 Å². The molecule has 0 amide bonds. The maximum Gasteiger partial charge on any atom is 0.243 e. The van der Waals surface area contributed by atoms with Gasteiger partial charge in [0.05, 0.1) is 19.6 Å². The number of nitrogens with zero attached hydrogens (tertiary/aromatic N) is 4. The molecule has 1 fully saturated rings. The van der Waals surface area contributed by atoms with Crippen molar-refractivity contribution in [1.29, 1.82) is 0 Å². The van der Waals surface area contributed by atoms with Crippen molar-refractivity contribution in [3.05, 3.63) is 119 Å². The van der Waals surface area contributed by atoms with Gasteiger partial charge in [-0.3, -0.25) is 0 Å². The van der Waals surface area contributed by atoms with Gasteiger partial charge in [-0.25, -0.2) is 33.7 Å². The van der Waals surface area contributed by atoms with Crippen molar-refractivity contribution in [2.24, 2.45) is 0 Å². The van der Waals surface area contributed by atoms with Crippen LogP contribution in [0.15, 0.2) is 117 Å². The van der Waals surface area contributed by atoms with Gasteiger partial charge in [0.25, 0.3) is 0 Å². The summed E-state index contributed by atoms with van der Waals surface area (Å²) in [5.74, 6) is 0. The van der Waals surface area contributed by atoms with Gasteiger partial charge in [-0.1, -0.05) is 96.5 Å². The largest absolute Gasteiger partial charge is 0.243 e. The third-order valence-corrected chi connectivity index (χ3v) is 18.1. The summed E-state index contributed by atoms with van der Waals surface area (Å²) >= 11 is 0. The summed E-state index contributed by atoms with van der Waals surface area (Å²) in [4.78, 5) is 0.176. The molecule has 1 saturated heterocycles. The first-order chi connectivity index (χ1) is 27.4. The molecular formula is C42H56N4O8S4. The molecule has 0 radical (unpaired) electrons. The van der Waals surface area contributed by atoms with Crippen LogP contribution in [0.25, 0.3) is 0 Å². The second-order valence-electron chi connectivity index (χ2n) is 15.0. The molecule has 0 N–H and O–H groups in total. The van der Waals surface area contributed by atoms with Crippen LogP contribution in [-0.4, -0.2) is 103 Å². The highest BCUT2D eigenvalue weighted by Gasteiger charge is 2.33. The molecule has 12 nitrogen and oxygen atoms in total. The maximum absolute atomic E-state index is 14.4.